The fourth-order valence-corrected chi connectivity index (χ4v) is 1.26. The van der Waals surface area contributed by atoms with E-state index in [2.05, 4.69) is 9.97 Å². The van der Waals surface area contributed by atoms with Gasteiger partial charge in [0.1, 0.15) is 11.5 Å². The van der Waals surface area contributed by atoms with E-state index in [9.17, 15) is 4.79 Å². The number of hydrogen-bond donors (Lipinski definition) is 0. The van der Waals surface area contributed by atoms with Crippen LogP contribution in [0.4, 0.5) is 0 Å². The van der Waals surface area contributed by atoms with Crippen LogP contribution >= 0.6 is 0 Å². The van der Waals surface area contributed by atoms with Crippen molar-refractivity contribution in [1.82, 2.24) is 9.97 Å². The zero-order valence-electron chi connectivity index (χ0n) is 7.92. The predicted octanol–water partition coefficient (Wildman–Crippen LogP) is 1.74. The minimum Gasteiger partial charge on any atom is -0.255 e. The van der Waals surface area contributed by atoms with Gasteiger partial charge >= 0.3 is 0 Å². The molecule has 0 saturated heterocycles. The predicted molar refractivity (Wildman–Crippen MR) is 56.7 cm³/mol. The van der Waals surface area contributed by atoms with Gasteiger partial charge < -0.3 is 0 Å². The summed E-state index contributed by atoms with van der Waals surface area (Å²) in [5.74, 6) is 1.88. The lowest BCUT2D eigenvalue weighted by atomic mass is 10.1. The second kappa shape index (κ2) is 4.31. The first-order chi connectivity index (χ1) is 7.42. The highest BCUT2D eigenvalue weighted by molar-refractivity contribution is 5.94. The SMILES string of the molecule is O=C=C(c1ccccn1)c1ccccn1. The Morgan fingerprint density at radius 3 is 1.80 bits per heavy atom. The summed E-state index contributed by atoms with van der Waals surface area (Å²) in [5, 5.41) is 0. The molecule has 0 aromatic carbocycles. The summed E-state index contributed by atoms with van der Waals surface area (Å²) in [6.45, 7) is 0. The monoisotopic (exact) mass is 196 g/mol. The Hall–Kier alpha value is -2.25. The van der Waals surface area contributed by atoms with Crippen LogP contribution in [0.2, 0.25) is 0 Å². The number of rotatable bonds is 2. The molecule has 0 aliphatic carbocycles. The topological polar surface area (TPSA) is 42.9 Å². The number of hydrogen-bond acceptors (Lipinski definition) is 3. The fourth-order valence-electron chi connectivity index (χ4n) is 1.26. The highest BCUT2D eigenvalue weighted by Crippen LogP contribution is 2.15. The van der Waals surface area contributed by atoms with Crippen LogP contribution in [0.25, 0.3) is 5.57 Å². The van der Waals surface area contributed by atoms with Gasteiger partial charge in [0.2, 0.25) is 0 Å². The molecule has 0 atom stereocenters. The summed E-state index contributed by atoms with van der Waals surface area (Å²) in [6, 6.07) is 10.8. The first kappa shape index (κ1) is 9.31. The minimum atomic E-state index is 0.385. The molecule has 0 aliphatic rings. The average Bonchev–Trinajstić information content (AvgIpc) is 2.33. The summed E-state index contributed by atoms with van der Waals surface area (Å²) >= 11 is 0. The van der Waals surface area contributed by atoms with Gasteiger partial charge in [0.25, 0.3) is 0 Å². The van der Waals surface area contributed by atoms with Crippen molar-refractivity contribution in [2.45, 2.75) is 0 Å². The zero-order chi connectivity index (χ0) is 10.5. The second-order valence-corrected chi connectivity index (χ2v) is 2.91. The third-order valence-corrected chi connectivity index (χ3v) is 1.94. The Kier molecular flexibility index (Phi) is 2.68. The molecular weight excluding hydrogens is 188 g/mol. The molecule has 0 saturated carbocycles. The molecule has 3 heteroatoms. The van der Waals surface area contributed by atoms with E-state index in [1.165, 1.54) is 0 Å². The van der Waals surface area contributed by atoms with Gasteiger partial charge in [-0.1, -0.05) is 12.1 Å². The summed E-state index contributed by atoms with van der Waals surface area (Å²) in [7, 11) is 0. The molecule has 0 radical (unpaired) electrons. The molecule has 2 rings (SSSR count). The van der Waals surface area contributed by atoms with Crippen LogP contribution in [-0.4, -0.2) is 15.9 Å². The molecule has 0 bridgehead atoms. The second-order valence-electron chi connectivity index (χ2n) is 2.91. The minimum absolute atomic E-state index is 0.385. The molecule has 0 N–H and O–H groups in total. The number of carbonyl (C=O) groups excluding carboxylic acids is 1. The van der Waals surface area contributed by atoms with Gasteiger partial charge in [0.05, 0.1) is 11.4 Å². The third-order valence-electron chi connectivity index (χ3n) is 1.94. The lowest BCUT2D eigenvalue weighted by Crippen LogP contribution is -1.93. The van der Waals surface area contributed by atoms with E-state index < -0.39 is 0 Å². The molecule has 0 unspecified atom stereocenters. The Bertz CT molecular complexity index is 446. The van der Waals surface area contributed by atoms with Crippen molar-refractivity contribution in [3.05, 3.63) is 60.2 Å². The van der Waals surface area contributed by atoms with Gasteiger partial charge in [-0.25, -0.2) is 4.79 Å². The molecular formula is C12H8N2O. The summed E-state index contributed by atoms with van der Waals surface area (Å²) in [6.07, 6.45) is 3.27. The largest absolute Gasteiger partial charge is 0.255 e. The van der Waals surface area contributed by atoms with Crippen molar-refractivity contribution < 1.29 is 4.79 Å². The molecule has 2 heterocycles. The maximum atomic E-state index is 10.9. The van der Waals surface area contributed by atoms with Gasteiger partial charge in [-0.3, -0.25) is 9.97 Å². The van der Waals surface area contributed by atoms with Gasteiger partial charge in [0.15, 0.2) is 0 Å². The number of nitrogens with zero attached hydrogens (tertiary/aromatic N) is 2. The molecule has 0 fully saturated rings. The van der Waals surface area contributed by atoms with Crippen LogP contribution in [0.1, 0.15) is 11.4 Å². The van der Waals surface area contributed by atoms with Crippen molar-refractivity contribution in [3.8, 4) is 0 Å². The lowest BCUT2D eigenvalue weighted by Gasteiger charge is -2.00. The maximum Gasteiger partial charge on any atom is 0.136 e. The van der Waals surface area contributed by atoms with E-state index in [0.29, 0.717) is 17.0 Å². The van der Waals surface area contributed by atoms with Crippen molar-refractivity contribution in [3.63, 3.8) is 0 Å². The smallest absolute Gasteiger partial charge is 0.136 e. The van der Waals surface area contributed by atoms with E-state index in [0.717, 1.165) is 0 Å². The average molecular weight is 196 g/mol. The highest BCUT2D eigenvalue weighted by atomic mass is 16.1. The van der Waals surface area contributed by atoms with E-state index in [1.54, 1.807) is 36.7 Å². The fraction of sp³-hybridized carbons (Fsp3) is 0. The van der Waals surface area contributed by atoms with Crippen LogP contribution in [-0.2, 0) is 4.79 Å². The maximum absolute atomic E-state index is 10.9. The lowest BCUT2D eigenvalue weighted by molar-refractivity contribution is 0.569. The quantitative estimate of drug-likeness (QED) is 0.687. The first-order valence-electron chi connectivity index (χ1n) is 4.50. The standard InChI is InChI=1S/C12H8N2O/c15-9-10(11-5-1-3-7-13-11)12-6-2-4-8-14-12/h1-8H. The Morgan fingerprint density at radius 1 is 0.933 bits per heavy atom. The summed E-state index contributed by atoms with van der Waals surface area (Å²) in [5.41, 5.74) is 1.56. The van der Waals surface area contributed by atoms with E-state index in [4.69, 9.17) is 0 Å². The zero-order valence-corrected chi connectivity index (χ0v) is 7.92. The number of aromatic nitrogens is 2. The van der Waals surface area contributed by atoms with Crippen LogP contribution in [0.15, 0.2) is 48.8 Å². The Balaban J connectivity index is 2.48. The van der Waals surface area contributed by atoms with Crippen LogP contribution < -0.4 is 0 Å². The van der Waals surface area contributed by atoms with Gasteiger partial charge in [-0.2, -0.15) is 0 Å². The summed E-state index contributed by atoms with van der Waals surface area (Å²) < 4.78 is 0. The molecule has 2 aromatic rings. The van der Waals surface area contributed by atoms with Gasteiger partial charge in [0, 0.05) is 12.4 Å². The van der Waals surface area contributed by atoms with Crippen LogP contribution in [0, 0.1) is 0 Å². The van der Waals surface area contributed by atoms with Crippen molar-refractivity contribution >= 4 is 11.5 Å². The van der Waals surface area contributed by atoms with Gasteiger partial charge in [-0.15, -0.1) is 0 Å². The Labute approximate surface area is 87.1 Å². The summed E-state index contributed by atoms with van der Waals surface area (Å²) in [4.78, 5) is 19.0. The van der Waals surface area contributed by atoms with E-state index in [-0.39, 0.29) is 0 Å². The van der Waals surface area contributed by atoms with Crippen molar-refractivity contribution in [2.75, 3.05) is 0 Å². The van der Waals surface area contributed by atoms with Gasteiger partial charge in [-0.05, 0) is 24.3 Å². The molecule has 3 nitrogen and oxygen atoms in total. The third kappa shape index (κ3) is 1.98. The molecule has 0 amide bonds. The molecule has 72 valence electrons. The molecule has 2 aromatic heterocycles. The van der Waals surface area contributed by atoms with Crippen LogP contribution in [0.3, 0.4) is 0 Å². The number of pyridine rings is 2. The molecule has 15 heavy (non-hydrogen) atoms. The normalized spacial score (nSPS) is 9.33. The van der Waals surface area contributed by atoms with E-state index >= 15 is 0 Å². The van der Waals surface area contributed by atoms with Crippen molar-refractivity contribution in [1.29, 1.82) is 0 Å². The Morgan fingerprint density at radius 2 is 1.47 bits per heavy atom. The highest BCUT2D eigenvalue weighted by Gasteiger charge is 2.07. The molecule has 0 spiro atoms. The van der Waals surface area contributed by atoms with Crippen molar-refractivity contribution in [2.24, 2.45) is 0 Å². The van der Waals surface area contributed by atoms with Crippen LogP contribution in [0.5, 0.6) is 0 Å². The van der Waals surface area contributed by atoms with E-state index in [1.807, 2.05) is 18.1 Å². The molecule has 0 aliphatic heterocycles. The first-order valence-corrected chi connectivity index (χ1v) is 4.50.